The number of carbonyl (C=O) groups is 1. The fourth-order valence-corrected chi connectivity index (χ4v) is 1.53. The van der Waals surface area contributed by atoms with Gasteiger partial charge in [-0.25, -0.2) is 9.18 Å². The lowest BCUT2D eigenvalue weighted by molar-refractivity contribution is 0.0525. The highest BCUT2D eigenvalue weighted by Gasteiger charge is 2.12. The first-order valence-corrected chi connectivity index (χ1v) is 4.98. The van der Waals surface area contributed by atoms with Gasteiger partial charge in [0.15, 0.2) is 0 Å². The van der Waals surface area contributed by atoms with E-state index < -0.39 is 11.8 Å². The van der Waals surface area contributed by atoms with Gasteiger partial charge in [0, 0.05) is 0 Å². The molecule has 0 unspecified atom stereocenters. The SMILES string of the molecule is CCOC(=O)c1cc(F)c(Br)cc1C. The third-order valence-electron chi connectivity index (χ3n) is 1.76. The molecule has 0 aliphatic carbocycles. The number of carbonyl (C=O) groups excluding carboxylic acids is 1. The van der Waals surface area contributed by atoms with Crippen LogP contribution < -0.4 is 0 Å². The molecule has 0 saturated carbocycles. The van der Waals surface area contributed by atoms with Crippen molar-refractivity contribution < 1.29 is 13.9 Å². The maximum Gasteiger partial charge on any atom is 0.338 e. The summed E-state index contributed by atoms with van der Waals surface area (Å²) in [4.78, 5) is 11.3. The number of esters is 1. The van der Waals surface area contributed by atoms with E-state index >= 15 is 0 Å². The van der Waals surface area contributed by atoms with Crippen LogP contribution in [0.4, 0.5) is 4.39 Å². The van der Waals surface area contributed by atoms with E-state index in [1.807, 2.05) is 0 Å². The van der Waals surface area contributed by atoms with Crippen LogP contribution in [-0.2, 0) is 4.74 Å². The van der Waals surface area contributed by atoms with Crippen LogP contribution in [0.15, 0.2) is 16.6 Å². The standard InChI is InChI=1S/C10H10BrFO2/c1-3-14-10(13)7-5-9(12)8(11)4-6(7)2/h4-5H,3H2,1-2H3. The van der Waals surface area contributed by atoms with Gasteiger partial charge in [0.25, 0.3) is 0 Å². The van der Waals surface area contributed by atoms with E-state index in [0.717, 1.165) is 0 Å². The Morgan fingerprint density at radius 2 is 2.21 bits per heavy atom. The van der Waals surface area contributed by atoms with E-state index in [9.17, 15) is 9.18 Å². The molecule has 1 aromatic carbocycles. The summed E-state index contributed by atoms with van der Waals surface area (Å²) in [6.45, 7) is 3.73. The minimum Gasteiger partial charge on any atom is -0.462 e. The van der Waals surface area contributed by atoms with Crippen LogP contribution in [0.1, 0.15) is 22.8 Å². The number of ether oxygens (including phenoxy) is 1. The Hall–Kier alpha value is -0.900. The Balaban J connectivity index is 3.09. The Bertz CT molecular complexity index is 363. The second kappa shape index (κ2) is 4.55. The number of benzene rings is 1. The van der Waals surface area contributed by atoms with Crippen LogP contribution in [0.2, 0.25) is 0 Å². The third kappa shape index (κ3) is 2.32. The van der Waals surface area contributed by atoms with Crippen LogP contribution in [0.5, 0.6) is 0 Å². The van der Waals surface area contributed by atoms with Gasteiger partial charge in [0.2, 0.25) is 0 Å². The number of hydrogen-bond donors (Lipinski definition) is 0. The normalized spacial score (nSPS) is 10.0. The molecule has 76 valence electrons. The zero-order valence-corrected chi connectivity index (χ0v) is 9.52. The van der Waals surface area contributed by atoms with E-state index in [2.05, 4.69) is 15.9 Å². The molecule has 0 N–H and O–H groups in total. The molecule has 0 amide bonds. The Morgan fingerprint density at radius 3 is 2.79 bits per heavy atom. The largest absolute Gasteiger partial charge is 0.462 e. The Morgan fingerprint density at radius 1 is 1.57 bits per heavy atom. The van der Waals surface area contributed by atoms with Crippen LogP contribution in [0.3, 0.4) is 0 Å². The molecule has 1 aromatic rings. The smallest absolute Gasteiger partial charge is 0.338 e. The van der Waals surface area contributed by atoms with Crippen molar-refractivity contribution in [2.75, 3.05) is 6.61 Å². The minimum atomic E-state index is -0.489. The zero-order valence-electron chi connectivity index (χ0n) is 7.93. The minimum absolute atomic E-state index is 0.271. The highest BCUT2D eigenvalue weighted by atomic mass is 79.9. The van der Waals surface area contributed by atoms with E-state index in [4.69, 9.17) is 4.74 Å². The average molecular weight is 261 g/mol. The summed E-state index contributed by atoms with van der Waals surface area (Å²) in [6, 6.07) is 2.74. The number of rotatable bonds is 2. The molecule has 0 fully saturated rings. The maximum absolute atomic E-state index is 13.1. The quantitative estimate of drug-likeness (QED) is 0.765. The molecule has 0 heterocycles. The topological polar surface area (TPSA) is 26.3 Å². The fraction of sp³-hybridized carbons (Fsp3) is 0.300. The molecular formula is C10H10BrFO2. The first kappa shape index (κ1) is 11.2. The number of halogens is 2. The van der Waals surface area contributed by atoms with Crippen molar-refractivity contribution in [3.05, 3.63) is 33.5 Å². The van der Waals surface area contributed by atoms with Crippen molar-refractivity contribution in [2.45, 2.75) is 13.8 Å². The molecule has 0 saturated heterocycles. The molecule has 1 rings (SSSR count). The molecule has 0 radical (unpaired) electrons. The third-order valence-corrected chi connectivity index (χ3v) is 2.37. The monoisotopic (exact) mass is 260 g/mol. The van der Waals surface area contributed by atoms with E-state index in [-0.39, 0.29) is 12.2 Å². The summed E-state index contributed by atoms with van der Waals surface area (Å²) in [5.41, 5.74) is 0.962. The van der Waals surface area contributed by atoms with Crippen LogP contribution in [0, 0.1) is 12.7 Å². The molecule has 0 aromatic heterocycles. The van der Waals surface area contributed by atoms with Gasteiger partial charge in [-0.3, -0.25) is 0 Å². The first-order chi connectivity index (χ1) is 6.56. The highest BCUT2D eigenvalue weighted by molar-refractivity contribution is 9.10. The second-order valence-electron chi connectivity index (χ2n) is 2.80. The molecule has 0 aliphatic rings. The lowest BCUT2D eigenvalue weighted by Gasteiger charge is -2.06. The predicted octanol–water partition coefficient (Wildman–Crippen LogP) is 3.07. The van der Waals surface area contributed by atoms with E-state index in [1.54, 1.807) is 19.9 Å². The summed E-state index contributed by atoms with van der Waals surface area (Å²) in [5.74, 6) is -0.949. The van der Waals surface area contributed by atoms with Gasteiger partial charge in [-0.05, 0) is 47.5 Å². The molecule has 0 spiro atoms. The van der Waals surface area contributed by atoms with Gasteiger partial charge < -0.3 is 4.74 Å². The molecule has 2 nitrogen and oxygen atoms in total. The number of aryl methyl sites for hydroxylation is 1. The first-order valence-electron chi connectivity index (χ1n) is 4.19. The average Bonchev–Trinajstić information content (AvgIpc) is 2.11. The maximum atomic E-state index is 13.1. The molecule has 0 atom stereocenters. The van der Waals surface area contributed by atoms with Crippen molar-refractivity contribution in [1.82, 2.24) is 0 Å². The van der Waals surface area contributed by atoms with Gasteiger partial charge in [-0.15, -0.1) is 0 Å². The number of hydrogen-bond acceptors (Lipinski definition) is 2. The van der Waals surface area contributed by atoms with Crippen LogP contribution >= 0.6 is 15.9 Å². The van der Waals surface area contributed by atoms with Crippen LogP contribution in [0.25, 0.3) is 0 Å². The Labute approximate surface area is 90.2 Å². The van der Waals surface area contributed by atoms with Crippen molar-refractivity contribution in [3.8, 4) is 0 Å². The molecule has 0 aliphatic heterocycles. The molecule has 0 bridgehead atoms. The van der Waals surface area contributed by atoms with Gasteiger partial charge in [-0.1, -0.05) is 0 Å². The zero-order chi connectivity index (χ0) is 10.7. The van der Waals surface area contributed by atoms with Gasteiger partial charge in [0.1, 0.15) is 5.82 Å². The fourth-order valence-electron chi connectivity index (χ4n) is 1.08. The molecule has 14 heavy (non-hydrogen) atoms. The van der Waals surface area contributed by atoms with Crippen molar-refractivity contribution >= 4 is 21.9 Å². The molecule has 4 heteroatoms. The van der Waals surface area contributed by atoms with E-state index in [0.29, 0.717) is 10.0 Å². The van der Waals surface area contributed by atoms with Gasteiger partial charge in [-0.2, -0.15) is 0 Å². The van der Waals surface area contributed by atoms with Gasteiger partial charge in [0.05, 0.1) is 16.6 Å². The van der Waals surface area contributed by atoms with Crippen molar-refractivity contribution in [2.24, 2.45) is 0 Å². The van der Waals surface area contributed by atoms with Crippen LogP contribution in [-0.4, -0.2) is 12.6 Å². The summed E-state index contributed by atoms with van der Waals surface area (Å²) in [6.07, 6.45) is 0. The lowest BCUT2D eigenvalue weighted by Crippen LogP contribution is -2.07. The lowest BCUT2D eigenvalue weighted by atomic mass is 10.1. The van der Waals surface area contributed by atoms with Gasteiger partial charge >= 0.3 is 5.97 Å². The Kier molecular flexibility index (Phi) is 3.63. The summed E-state index contributed by atoms with van der Waals surface area (Å²) in [5, 5.41) is 0. The summed E-state index contributed by atoms with van der Waals surface area (Å²) in [7, 11) is 0. The van der Waals surface area contributed by atoms with Crippen molar-refractivity contribution in [3.63, 3.8) is 0 Å². The predicted molar refractivity (Wildman–Crippen MR) is 54.8 cm³/mol. The summed E-state index contributed by atoms with van der Waals surface area (Å²) >= 11 is 3.04. The summed E-state index contributed by atoms with van der Waals surface area (Å²) < 4.78 is 18.2. The molecular weight excluding hydrogens is 251 g/mol. The van der Waals surface area contributed by atoms with Crippen molar-refractivity contribution in [1.29, 1.82) is 0 Å². The highest BCUT2D eigenvalue weighted by Crippen LogP contribution is 2.20. The second-order valence-corrected chi connectivity index (χ2v) is 3.66. The van der Waals surface area contributed by atoms with E-state index in [1.165, 1.54) is 6.07 Å².